The topological polar surface area (TPSA) is 128 Å². The number of likely N-dealkylation sites (tertiary alicyclic amines) is 2. The van der Waals surface area contributed by atoms with E-state index >= 15 is 0 Å². The van der Waals surface area contributed by atoms with Crippen molar-refractivity contribution in [1.29, 1.82) is 0 Å². The first-order valence-corrected chi connectivity index (χ1v) is 23.7. The molecule has 0 aliphatic carbocycles. The number of carbonyl (C=O) groups excluding carboxylic acids is 2. The van der Waals surface area contributed by atoms with Gasteiger partial charge >= 0.3 is 12.2 Å². The predicted molar refractivity (Wildman–Crippen MR) is 260 cm³/mol. The van der Waals surface area contributed by atoms with Crippen molar-refractivity contribution >= 4 is 47.6 Å². The van der Waals surface area contributed by atoms with Gasteiger partial charge in [-0.2, -0.15) is 0 Å². The van der Waals surface area contributed by atoms with Gasteiger partial charge in [0.2, 0.25) is 0 Å². The molecule has 2 N–H and O–H groups in total. The molecule has 3 aromatic rings. The Labute approximate surface area is 394 Å². The Morgan fingerprint density at radius 2 is 0.875 bits per heavy atom. The van der Waals surface area contributed by atoms with Crippen molar-refractivity contribution in [3.63, 3.8) is 0 Å². The van der Waals surface area contributed by atoms with Crippen LogP contribution in [0.2, 0.25) is 5.02 Å². The molecule has 0 saturated carbocycles. The molecule has 15 heteroatoms. The van der Waals surface area contributed by atoms with Gasteiger partial charge in [0.15, 0.2) is 0 Å². The molecule has 13 nitrogen and oxygen atoms in total. The molecule has 64 heavy (non-hydrogen) atoms. The highest BCUT2D eigenvalue weighted by atomic mass is 35.5. The number of ether oxygens (including phenoxy) is 2. The zero-order chi connectivity index (χ0) is 45.0. The van der Waals surface area contributed by atoms with Gasteiger partial charge in [-0.05, 0) is 172 Å². The predicted octanol–water partition coefficient (Wildman–Crippen LogP) is 9.12. The number of nitrogens with one attached hydrogen (secondary N) is 2. The fourth-order valence-corrected chi connectivity index (χ4v) is 9.84. The van der Waals surface area contributed by atoms with Gasteiger partial charge in [-0.3, -0.25) is 15.0 Å². The lowest BCUT2D eigenvalue weighted by molar-refractivity contribution is 0.0110. The number of rotatable bonds is 2. The molecule has 9 rings (SSSR count). The lowest BCUT2D eigenvalue weighted by Crippen LogP contribution is -2.46. The Morgan fingerprint density at radius 1 is 0.531 bits per heavy atom. The molecular weight excluding hydrogens is 850 g/mol. The van der Waals surface area contributed by atoms with Crippen LogP contribution in [0.1, 0.15) is 99.3 Å². The number of pyridine rings is 3. The summed E-state index contributed by atoms with van der Waals surface area (Å²) in [4.78, 5) is 44.7. The molecule has 9 heterocycles. The van der Waals surface area contributed by atoms with E-state index in [4.69, 9.17) is 21.1 Å². The fourth-order valence-electron chi connectivity index (χ4n) is 9.73. The van der Waals surface area contributed by atoms with Crippen LogP contribution in [0.15, 0.2) is 73.6 Å². The third-order valence-electron chi connectivity index (χ3n) is 13.5. The summed E-state index contributed by atoms with van der Waals surface area (Å²) in [5, 5.41) is 7.62. The van der Waals surface area contributed by atoms with Crippen LogP contribution in [0.4, 0.5) is 21.0 Å². The molecule has 0 aromatic carbocycles. The van der Waals surface area contributed by atoms with Crippen LogP contribution in [0.3, 0.4) is 0 Å². The van der Waals surface area contributed by atoms with Crippen molar-refractivity contribution in [2.24, 2.45) is 16.2 Å². The summed E-state index contributed by atoms with van der Waals surface area (Å²) in [5.74, 6) is 0. The van der Waals surface area contributed by atoms with Crippen molar-refractivity contribution in [3.8, 4) is 0 Å². The Balaban J connectivity index is 0.000000169. The molecule has 6 fully saturated rings. The third kappa shape index (κ3) is 15.3. The number of hydrogen-bond donors (Lipinski definition) is 2. The summed E-state index contributed by atoms with van der Waals surface area (Å²) in [6.07, 6.45) is 21.3. The summed E-state index contributed by atoms with van der Waals surface area (Å²) in [6.45, 7) is 24.1. The lowest BCUT2D eigenvalue weighted by atomic mass is 9.78. The van der Waals surface area contributed by atoms with Crippen LogP contribution >= 0.6 is 24.0 Å². The molecule has 6 saturated heterocycles. The van der Waals surface area contributed by atoms with Crippen molar-refractivity contribution in [3.05, 3.63) is 78.6 Å². The first-order valence-electron chi connectivity index (χ1n) is 23.3. The first kappa shape index (κ1) is 51.1. The second kappa shape index (κ2) is 23.0. The minimum absolute atomic E-state index is 0. The number of anilines is 2. The minimum atomic E-state index is -0.419. The standard InChI is InChI=1S/C18H27N3O2.C13H19N3.C13H24N2O2.C5H4ClN.ClH/c1-17(2,3)23-16(22)20-11-6-18(7-12-20)8-13-21(14-18)15-4-9-19-10-5-15;1-6-14-7-2-12(1)16-10-5-13(11-16)3-8-15-9-4-13;1-12(2,3)17-11(16)15-8-5-13(6-9-15)4-7-14-10-13;6-5-1-3-7-4-2-5;/h4-5,9-10H,6-8,11-14H2,1-3H3;1-2,6-7,15H,3-5,8-11H2;14H,4-10H2,1-3H3;1-4H;1H. The van der Waals surface area contributed by atoms with E-state index in [0.29, 0.717) is 16.2 Å². The van der Waals surface area contributed by atoms with Gasteiger partial charge in [0.05, 0.1) is 0 Å². The van der Waals surface area contributed by atoms with Gasteiger partial charge in [0, 0.05) is 112 Å². The van der Waals surface area contributed by atoms with Crippen molar-refractivity contribution in [2.75, 3.05) is 88.3 Å². The van der Waals surface area contributed by atoms with E-state index in [2.05, 4.69) is 59.7 Å². The zero-order valence-electron chi connectivity index (χ0n) is 39.3. The van der Waals surface area contributed by atoms with E-state index in [9.17, 15) is 9.59 Å². The van der Waals surface area contributed by atoms with Gasteiger partial charge in [-0.1, -0.05) is 11.6 Å². The summed E-state index contributed by atoms with van der Waals surface area (Å²) in [7, 11) is 0. The maximum atomic E-state index is 12.2. The highest BCUT2D eigenvalue weighted by Crippen LogP contribution is 2.43. The number of carbonyl (C=O) groups is 2. The highest BCUT2D eigenvalue weighted by molar-refractivity contribution is 6.30. The Morgan fingerprint density at radius 3 is 1.23 bits per heavy atom. The number of nitrogens with zero attached hydrogens (tertiary/aromatic N) is 7. The summed E-state index contributed by atoms with van der Waals surface area (Å²) in [5.41, 5.74) is 3.19. The maximum Gasteiger partial charge on any atom is 0.410 e. The molecule has 2 amide bonds. The molecule has 0 bridgehead atoms. The van der Waals surface area contributed by atoms with Crippen LogP contribution in [-0.2, 0) is 9.47 Å². The zero-order valence-corrected chi connectivity index (χ0v) is 40.9. The fraction of sp³-hybridized carbons (Fsp3) is 0.653. The number of hydrogen-bond acceptors (Lipinski definition) is 11. The van der Waals surface area contributed by atoms with Crippen molar-refractivity contribution < 1.29 is 19.1 Å². The smallest absolute Gasteiger partial charge is 0.410 e. The van der Waals surface area contributed by atoms with Gasteiger partial charge in [-0.25, -0.2) is 9.59 Å². The van der Waals surface area contributed by atoms with Gasteiger partial charge in [-0.15, -0.1) is 12.4 Å². The Hall–Kier alpha value is -3.91. The maximum absolute atomic E-state index is 12.2. The molecule has 0 radical (unpaired) electrons. The number of piperidine rings is 3. The molecule has 3 aromatic heterocycles. The van der Waals surface area contributed by atoms with Crippen LogP contribution in [-0.4, -0.2) is 127 Å². The third-order valence-corrected chi connectivity index (χ3v) is 13.8. The van der Waals surface area contributed by atoms with Crippen molar-refractivity contribution in [1.82, 2.24) is 35.4 Å². The van der Waals surface area contributed by atoms with E-state index in [0.717, 1.165) is 83.1 Å². The van der Waals surface area contributed by atoms with Gasteiger partial charge in [0.1, 0.15) is 11.2 Å². The van der Waals surface area contributed by atoms with E-state index in [1.807, 2.05) is 76.1 Å². The molecule has 3 spiro atoms. The van der Waals surface area contributed by atoms with E-state index in [1.165, 1.54) is 69.7 Å². The molecule has 6 aliphatic heterocycles. The van der Waals surface area contributed by atoms with E-state index in [-0.39, 0.29) is 30.2 Å². The molecule has 0 unspecified atom stereocenters. The van der Waals surface area contributed by atoms with Crippen LogP contribution in [0, 0.1) is 16.2 Å². The number of amides is 2. The quantitative estimate of drug-likeness (QED) is 0.256. The number of halogens is 2. The van der Waals surface area contributed by atoms with E-state index in [1.54, 1.807) is 24.5 Å². The second-order valence-corrected chi connectivity index (χ2v) is 21.0. The molecule has 354 valence electrons. The van der Waals surface area contributed by atoms with E-state index < -0.39 is 5.60 Å². The average molecular weight is 925 g/mol. The van der Waals surface area contributed by atoms with Crippen molar-refractivity contribution in [2.45, 2.75) is 111 Å². The average Bonchev–Trinajstić information content (AvgIpc) is 4.02. The largest absolute Gasteiger partial charge is 0.444 e. The minimum Gasteiger partial charge on any atom is -0.444 e. The van der Waals surface area contributed by atoms with Crippen LogP contribution in [0.5, 0.6) is 0 Å². The van der Waals surface area contributed by atoms with Crippen LogP contribution in [0.25, 0.3) is 0 Å². The normalized spacial score (nSPS) is 20.8. The number of aromatic nitrogens is 3. The Bertz CT molecular complexity index is 1840. The summed E-state index contributed by atoms with van der Waals surface area (Å²) < 4.78 is 10.9. The summed E-state index contributed by atoms with van der Waals surface area (Å²) in [6, 6.07) is 11.9. The molecular formula is C49H75Cl2N9O4. The van der Waals surface area contributed by atoms with Gasteiger partial charge in [0.25, 0.3) is 0 Å². The Kier molecular flexibility index (Phi) is 18.4. The molecule has 0 atom stereocenters. The second-order valence-electron chi connectivity index (χ2n) is 20.5. The first-order chi connectivity index (χ1) is 30.0. The highest BCUT2D eigenvalue weighted by Gasteiger charge is 2.43. The SMILES string of the molecule is CC(C)(C)OC(=O)N1CCC2(CC1)CCN(c1ccncc1)C2.CC(C)(C)OC(=O)N1CCC2(CCNC2)CC1.Cl.Clc1ccncc1.c1cc(N2CCC3(CCNCC3)C2)ccn1. The monoisotopic (exact) mass is 924 g/mol. The van der Waals surface area contributed by atoms with Gasteiger partial charge < -0.3 is 39.7 Å². The lowest BCUT2D eigenvalue weighted by Gasteiger charge is -2.39. The molecule has 6 aliphatic rings. The summed E-state index contributed by atoms with van der Waals surface area (Å²) >= 11 is 5.50. The van der Waals surface area contributed by atoms with Crippen LogP contribution < -0.4 is 20.4 Å².